The SMILES string of the molecule is CC1OCCN(C(=O)c2ccn(C3CCCNC3)n2)C1C.Cl. The van der Waals surface area contributed by atoms with Crippen molar-refractivity contribution < 1.29 is 9.53 Å². The van der Waals surface area contributed by atoms with Gasteiger partial charge in [-0.15, -0.1) is 12.4 Å². The summed E-state index contributed by atoms with van der Waals surface area (Å²) in [5.41, 5.74) is 0.543. The van der Waals surface area contributed by atoms with Crippen molar-refractivity contribution >= 4 is 18.3 Å². The molecule has 1 aromatic rings. The third-order valence-electron chi connectivity index (χ3n) is 4.62. The van der Waals surface area contributed by atoms with E-state index in [1.165, 1.54) is 0 Å². The molecule has 2 aliphatic rings. The zero-order valence-electron chi connectivity index (χ0n) is 13.2. The van der Waals surface area contributed by atoms with E-state index in [4.69, 9.17) is 4.74 Å². The van der Waals surface area contributed by atoms with Gasteiger partial charge in [-0.2, -0.15) is 5.10 Å². The Bertz CT molecular complexity index is 501. The summed E-state index contributed by atoms with van der Waals surface area (Å²) in [5, 5.41) is 7.89. The molecule has 2 saturated heterocycles. The van der Waals surface area contributed by atoms with Crippen molar-refractivity contribution in [3.05, 3.63) is 18.0 Å². The van der Waals surface area contributed by atoms with Crippen molar-refractivity contribution in [2.75, 3.05) is 26.2 Å². The van der Waals surface area contributed by atoms with Gasteiger partial charge in [-0.05, 0) is 39.3 Å². The Balaban J connectivity index is 0.00000176. The summed E-state index contributed by atoms with van der Waals surface area (Å²) in [6.45, 7) is 7.29. The average Bonchev–Trinajstić information content (AvgIpc) is 3.00. The molecule has 1 aromatic heterocycles. The Kier molecular flexibility index (Phi) is 5.83. The summed E-state index contributed by atoms with van der Waals surface area (Å²) in [6.07, 6.45) is 4.28. The first-order chi connectivity index (χ1) is 10.2. The molecule has 2 aliphatic heterocycles. The molecule has 3 rings (SSSR count). The van der Waals surface area contributed by atoms with E-state index in [2.05, 4.69) is 10.4 Å². The predicted octanol–water partition coefficient (Wildman–Crippen LogP) is 1.48. The maximum Gasteiger partial charge on any atom is 0.274 e. The zero-order chi connectivity index (χ0) is 14.8. The number of halogens is 1. The van der Waals surface area contributed by atoms with Crippen LogP contribution in [0.3, 0.4) is 0 Å². The minimum Gasteiger partial charge on any atom is -0.375 e. The van der Waals surface area contributed by atoms with Crippen LogP contribution in [-0.2, 0) is 4.74 Å². The van der Waals surface area contributed by atoms with E-state index in [-0.39, 0.29) is 30.5 Å². The second-order valence-electron chi connectivity index (χ2n) is 6.00. The van der Waals surface area contributed by atoms with E-state index < -0.39 is 0 Å². The largest absolute Gasteiger partial charge is 0.375 e. The molecule has 7 heteroatoms. The predicted molar refractivity (Wildman–Crippen MR) is 86.5 cm³/mol. The molecule has 0 bridgehead atoms. The second-order valence-corrected chi connectivity index (χ2v) is 6.00. The number of nitrogens with one attached hydrogen (secondary N) is 1. The van der Waals surface area contributed by atoms with Gasteiger partial charge in [0.15, 0.2) is 0 Å². The van der Waals surface area contributed by atoms with Crippen LogP contribution in [0, 0.1) is 0 Å². The number of aromatic nitrogens is 2. The van der Waals surface area contributed by atoms with E-state index in [9.17, 15) is 4.79 Å². The standard InChI is InChI=1S/C15H24N4O2.ClH/c1-11-12(2)21-9-8-18(11)15(20)14-5-7-19(17-14)13-4-3-6-16-10-13;/h5,7,11-13,16H,3-4,6,8-10H2,1-2H3;1H. The quantitative estimate of drug-likeness (QED) is 0.893. The molecule has 0 radical (unpaired) electrons. The molecule has 3 atom stereocenters. The Morgan fingerprint density at radius 3 is 3.00 bits per heavy atom. The Morgan fingerprint density at radius 2 is 2.27 bits per heavy atom. The van der Waals surface area contributed by atoms with Gasteiger partial charge in [0.2, 0.25) is 0 Å². The minimum absolute atomic E-state index is 0. The molecule has 0 saturated carbocycles. The number of hydrogen-bond acceptors (Lipinski definition) is 4. The van der Waals surface area contributed by atoms with Crippen LogP contribution in [-0.4, -0.2) is 59.0 Å². The number of rotatable bonds is 2. The lowest BCUT2D eigenvalue weighted by atomic mass is 10.1. The van der Waals surface area contributed by atoms with E-state index in [1.54, 1.807) is 0 Å². The molecule has 0 aromatic carbocycles. The lowest BCUT2D eigenvalue weighted by molar-refractivity contribution is -0.0442. The van der Waals surface area contributed by atoms with Crippen LogP contribution in [0.1, 0.15) is 43.2 Å². The van der Waals surface area contributed by atoms with Gasteiger partial charge < -0.3 is 15.0 Å². The maximum absolute atomic E-state index is 12.6. The third kappa shape index (κ3) is 3.45. The van der Waals surface area contributed by atoms with Gasteiger partial charge in [0, 0.05) is 19.3 Å². The molecule has 6 nitrogen and oxygen atoms in total. The Hall–Kier alpha value is -1.11. The van der Waals surface area contributed by atoms with Crippen molar-refractivity contribution in [2.24, 2.45) is 0 Å². The van der Waals surface area contributed by atoms with Crippen LogP contribution in [0.5, 0.6) is 0 Å². The van der Waals surface area contributed by atoms with Gasteiger partial charge in [0.25, 0.3) is 5.91 Å². The summed E-state index contributed by atoms with van der Waals surface area (Å²) < 4.78 is 7.52. The topological polar surface area (TPSA) is 59.4 Å². The van der Waals surface area contributed by atoms with Crippen molar-refractivity contribution in [1.82, 2.24) is 20.0 Å². The molecule has 3 heterocycles. The lowest BCUT2D eigenvalue weighted by Crippen LogP contribution is -2.51. The fourth-order valence-electron chi connectivity index (χ4n) is 3.08. The van der Waals surface area contributed by atoms with Gasteiger partial charge in [-0.25, -0.2) is 0 Å². The summed E-state index contributed by atoms with van der Waals surface area (Å²) in [7, 11) is 0. The lowest BCUT2D eigenvalue weighted by Gasteiger charge is -2.37. The van der Waals surface area contributed by atoms with Crippen LogP contribution in [0.4, 0.5) is 0 Å². The number of morpholine rings is 1. The highest BCUT2D eigenvalue weighted by atomic mass is 35.5. The van der Waals surface area contributed by atoms with Crippen LogP contribution in [0.25, 0.3) is 0 Å². The number of carbonyl (C=O) groups excluding carboxylic acids is 1. The average molecular weight is 329 g/mol. The molecule has 2 fully saturated rings. The molecule has 1 amide bonds. The molecule has 0 aliphatic carbocycles. The van der Waals surface area contributed by atoms with E-state index in [0.29, 0.717) is 24.9 Å². The number of ether oxygens (including phenoxy) is 1. The number of carbonyl (C=O) groups is 1. The van der Waals surface area contributed by atoms with E-state index in [1.807, 2.05) is 35.7 Å². The monoisotopic (exact) mass is 328 g/mol. The summed E-state index contributed by atoms with van der Waals surface area (Å²) in [4.78, 5) is 14.5. The molecule has 3 unspecified atom stereocenters. The van der Waals surface area contributed by atoms with Gasteiger partial charge in [0.1, 0.15) is 5.69 Å². The van der Waals surface area contributed by atoms with Gasteiger partial charge in [-0.3, -0.25) is 9.48 Å². The van der Waals surface area contributed by atoms with Crippen molar-refractivity contribution in [3.8, 4) is 0 Å². The highest BCUT2D eigenvalue weighted by Crippen LogP contribution is 2.19. The normalized spacial score (nSPS) is 29.0. The zero-order valence-corrected chi connectivity index (χ0v) is 14.0. The first kappa shape index (κ1) is 17.2. The molecule has 124 valence electrons. The summed E-state index contributed by atoms with van der Waals surface area (Å²) in [6, 6.07) is 2.29. The highest BCUT2D eigenvalue weighted by molar-refractivity contribution is 5.92. The molecule has 0 spiro atoms. The first-order valence-electron chi connectivity index (χ1n) is 7.85. The van der Waals surface area contributed by atoms with Crippen LogP contribution >= 0.6 is 12.4 Å². The summed E-state index contributed by atoms with van der Waals surface area (Å²) in [5.74, 6) is 0.0140. The third-order valence-corrected chi connectivity index (χ3v) is 4.62. The molecular formula is C15H25ClN4O2. The highest BCUT2D eigenvalue weighted by Gasteiger charge is 2.31. The van der Waals surface area contributed by atoms with Gasteiger partial charge >= 0.3 is 0 Å². The fraction of sp³-hybridized carbons (Fsp3) is 0.733. The van der Waals surface area contributed by atoms with Crippen LogP contribution < -0.4 is 5.32 Å². The minimum atomic E-state index is 0. The second kappa shape index (κ2) is 7.44. The first-order valence-corrected chi connectivity index (χ1v) is 7.85. The Morgan fingerprint density at radius 1 is 1.45 bits per heavy atom. The molecular weight excluding hydrogens is 304 g/mol. The molecule has 1 N–H and O–H groups in total. The van der Waals surface area contributed by atoms with Crippen molar-refractivity contribution in [3.63, 3.8) is 0 Å². The summed E-state index contributed by atoms with van der Waals surface area (Å²) >= 11 is 0. The van der Waals surface area contributed by atoms with Crippen molar-refractivity contribution in [2.45, 2.75) is 44.9 Å². The number of hydrogen-bond donors (Lipinski definition) is 1. The van der Waals surface area contributed by atoms with Gasteiger partial charge in [0.05, 0.1) is 24.8 Å². The van der Waals surface area contributed by atoms with Crippen LogP contribution in [0.15, 0.2) is 12.3 Å². The Labute approximate surface area is 137 Å². The van der Waals surface area contributed by atoms with Crippen molar-refractivity contribution in [1.29, 1.82) is 0 Å². The van der Waals surface area contributed by atoms with E-state index in [0.717, 1.165) is 25.9 Å². The number of piperidine rings is 1. The molecule has 22 heavy (non-hydrogen) atoms. The van der Waals surface area contributed by atoms with Crippen LogP contribution in [0.2, 0.25) is 0 Å². The van der Waals surface area contributed by atoms with Gasteiger partial charge in [-0.1, -0.05) is 0 Å². The number of nitrogens with zero attached hydrogens (tertiary/aromatic N) is 3. The fourth-order valence-corrected chi connectivity index (χ4v) is 3.08. The maximum atomic E-state index is 12.6. The van der Waals surface area contributed by atoms with E-state index >= 15 is 0 Å². The smallest absolute Gasteiger partial charge is 0.274 e. The number of amides is 1.